The molecule has 1 saturated carbocycles. The molecule has 2 aliphatic rings. The summed E-state index contributed by atoms with van der Waals surface area (Å²) in [4.78, 5) is 12.2. The van der Waals surface area contributed by atoms with Crippen LogP contribution in [0.4, 0.5) is 5.82 Å². The third kappa shape index (κ3) is 2.40. The van der Waals surface area contributed by atoms with Gasteiger partial charge in [-0.15, -0.1) is 0 Å². The van der Waals surface area contributed by atoms with Crippen LogP contribution in [-0.2, 0) is 4.79 Å². The van der Waals surface area contributed by atoms with Gasteiger partial charge in [-0.1, -0.05) is 25.0 Å². The first-order valence-electron chi connectivity index (χ1n) is 8.13. The number of anilines is 1. The van der Waals surface area contributed by atoms with Crippen LogP contribution in [0, 0.1) is 11.3 Å². The molecule has 1 aliphatic carbocycles. The molecule has 2 heterocycles. The highest BCUT2D eigenvalue weighted by molar-refractivity contribution is 5.94. The van der Waals surface area contributed by atoms with Gasteiger partial charge in [0, 0.05) is 17.9 Å². The number of hydrogen-bond acceptors (Lipinski definition) is 3. The van der Waals surface area contributed by atoms with Crippen LogP contribution in [0.1, 0.15) is 60.8 Å². The lowest BCUT2D eigenvalue weighted by Gasteiger charge is -2.25. The van der Waals surface area contributed by atoms with E-state index in [0.29, 0.717) is 18.0 Å². The van der Waals surface area contributed by atoms with Crippen LogP contribution in [0.25, 0.3) is 0 Å². The zero-order valence-electron chi connectivity index (χ0n) is 12.8. The predicted octanol–water partition coefficient (Wildman–Crippen LogP) is 3.34. The lowest BCUT2D eigenvalue weighted by atomic mass is 9.87. The molecule has 1 N–H and O–H groups in total. The van der Waals surface area contributed by atoms with E-state index in [1.54, 1.807) is 0 Å². The monoisotopic (exact) mass is 306 g/mol. The van der Waals surface area contributed by atoms with Gasteiger partial charge in [-0.05, 0) is 30.5 Å². The molecule has 2 aromatic rings. The van der Waals surface area contributed by atoms with Crippen LogP contribution >= 0.6 is 0 Å². The molecule has 0 unspecified atom stereocenters. The van der Waals surface area contributed by atoms with Crippen LogP contribution in [-0.4, -0.2) is 15.7 Å². The third-order valence-corrected chi connectivity index (χ3v) is 4.96. The van der Waals surface area contributed by atoms with Gasteiger partial charge in [0.2, 0.25) is 5.91 Å². The molecule has 1 amide bonds. The first-order valence-corrected chi connectivity index (χ1v) is 8.13. The highest BCUT2D eigenvalue weighted by Crippen LogP contribution is 2.40. The van der Waals surface area contributed by atoms with E-state index in [1.165, 1.54) is 12.8 Å². The van der Waals surface area contributed by atoms with Crippen molar-refractivity contribution in [2.45, 2.75) is 44.1 Å². The zero-order valence-corrected chi connectivity index (χ0v) is 12.8. The van der Waals surface area contributed by atoms with E-state index >= 15 is 0 Å². The van der Waals surface area contributed by atoms with E-state index in [2.05, 4.69) is 16.5 Å². The minimum atomic E-state index is 0.0154. The Balaban J connectivity index is 1.73. The molecule has 5 nitrogen and oxygen atoms in total. The molecule has 23 heavy (non-hydrogen) atoms. The first kappa shape index (κ1) is 14.0. The summed E-state index contributed by atoms with van der Waals surface area (Å²) in [7, 11) is 0. The lowest BCUT2D eigenvalue weighted by molar-refractivity contribution is -0.116. The number of carbonyl (C=O) groups is 1. The van der Waals surface area contributed by atoms with E-state index in [9.17, 15) is 4.79 Å². The fraction of sp³-hybridized carbons (Fsp3) is 0.389. The number of nitrogens with zero attached hydrogens (tertiary/aromatic N) is 3. The molecule has 116 valence electrons. The number of nitriles is 1. The van der Waals surface area contributed by atoms with Crippen LogP contribution < -0.4 is 5.32 Å². The maximum atomic E-state index is 12.2. The Bertz CT molecular complexity index is 778. The zero-order chi connectivity index (χ0) is 15.8. The predicted molar refractivity (Wildman–Crippen MR) is 86.0 cm³/mol. The number of hydrogen-bond donors (Lipinski definition) is 1. The van der Waals surface area contributed by atoms with Crippen molar-refractivity contribution in [3.63, 3.8) is 0 Å². The Hall–Kier alpha value is -2.61. The second-order valence-electron chi connectivity index (χ2n) is 6.37. The van der Waals surface area contributed by atoms with Crippen molar-refractivity contribution in [2.24, 2.45) is 0 Å². The Labute approximate surface area is 134 Å². The Morgan fingerprint density at radius 1 is 1.22 bits per heavy atom. The molecular formula is C18H18N4O. The van der Waals surface area contributed by atoms with Crippen LogP contribution in [0.2, 0.25) is 0 Å². The number of benzene rings is 1. The number of nitrogens with one attached hydrogen (secondary N) is 1. The summed E-state index contributed by atoms with van der Waals surface area (Å²) in [6.07, 6.45) is 7.04. The van der Waals surface area contributed by atoms with Gasteiger partial charge in [0.1, 0.15) is 5.82 Å². The molecular weight excluding hydrogens is 288 g/mol. The number of carbonyl (C=O) groups excluding carboxylic acids is 1. The summed E-state index contributed by atoms with van der Waals surface area (Å²) in [5.41, 5.74) is 2.78. The second-order valence-corrected chi connectivity index (χ2v) is 6.37. The SMILES string of the molecule is N#Cc1ccc([C@H]2CC(=O)Nc3c2cnn3C2CCCC2)cc1. The van der Waals surface area contributed by atoms with Crippen LogP contribution in [0.5, 0.6) is 0 Å². The van der Waals surface area contributed by atoms with E-state index < -0.39 is 0 Å². The smallest absolute Gasteiger partial charge is 0.226 e. The Morgan fingerprint density at radius 2 is 1.96 bits per heavy atom. The van der Waals surface area contributed by atoms with Gasteiger partial charge in [0.05, 0.1) is 23.9 Å². The molecule has 1 aromatic heterocycles. The number of rotatable bonds is 2. The summed E-state index contributed by atoms with van der Waals surface area (Å²) in [5.74, 6) is 0.913. The largest absolute Gasteiger partial charge is 0.311 e. The van der Waals surface area contributed by atoms with Crippen molar-refractivity contribution < 1.29 is 4.79 Å². The van der Waals surface area contributed by atoms with Crippen molar-refractivity contribution in [3.05, 3.63) is 47.2 Å². The maximum Gasteiger partial charge on any atom is 0.226 e. The van der Waals surface area contributed by atoms with Crippen molar-refractivity contribution in [1.82, 2.24) is 9.78 Å². The van der Waals surface area contributed by atoms with Gasteiger partial charge < -0.3 is 5.32 Å². The molecule has 1 aliphatic heterocycles. The summed E-state index contributed by atoms with van der Waals surface area (Å²) >= 11 is 0. The molecule has 1 aromatic carbocycles. The van der Waals surface area contributed by atoms with Gasteiger partial charge in [-0.25, -0.2) is 4.68 Å². The van der Waals surface area contributed by atoms with Crippen molar-refractivity contribution in [2.75, 3.05) is 5.32 Å². The molecule has 4 rings (SSSR count). The fourth-order valence-electron chi connectivity index (χ4n) is 3.75. The summed E-state index contributed by atoms with van der Waals surface area (Å²) < 4.78 is 2.01. The highest BCUT2D eigenvalue weighted by atomic mass is 16.1. The van der Waals surface area contributed by atoms with Crippen molar-refractivity contribution in [3.8, 4) is 6.07 Å². The Kier molecular flexibility index (Phi) is 3.38. The quantitative estimate of drug-likeness (QED) is 0.925. The number of fused-ring (bicyclic) bond motifs is 1. The van der Waals surface area contributed by atoms with Gasteiger partial charge in [0.15, 0.2) is 0 Å². The summed E-state index contributed by atoms with van der Waals surface area (Å²) in [6.45, 7) is 0. The number of amides is 1. The fourth-order valence-corrected chi connectivity index (χ4v) is 3.75. The first-order chi connectivity index (χ1) is 11.3. The van der Waals surface area contributed by atoms with Crippen LogP contribution in [0.3, 0.4) is 0 Å². The van der Waals surface area contributed by atoms with Crippen molar-refractivity contribution >= 4 is 11.7 Å². The standard InChI is InChI=1S/C18H18N4O/c19-10-12-5-7-13(8-6-12)15-9-17(23)21-18-16(15)11-20-22(18)14-3-1-2-4-14/h5-8,11,14-15H,1-4,9H2,(H,21,23)/t15-/m1/s1. The van der Waals surface area contributed by atoms with E-state index in [4.69, 9.17) is 5.26 Å². The number of aromatic nitrogens is 2. The van der Waals surface area contributed by atoms with E-state index in [0.717, 1.165) is 29.8 Å². The topological polar surface area (TPSA) is 70.7 Å². The molecule has 0 radical (unpaired) electrons. The molecule has 1 atom stereocenters. The van der Waals surface area contributed by atoms with Gasteiger partial charge >= 0.3 is 0 Å². The highest BCUT2D eigenvalue weighted by Gasteiger charge is 2.32. The molecule has 5 heteroatoms. The maximum absolute atomic E-state index is 12.2. The summed E-state index contributed by atoms with van der Waals surface area (Å²) in [5, 5.41) is 16.5. The minimum absolute atomic E-state index is 0.0154. The van der Waals surface area contributed by atoms with E-state index in [-0.39, 0.29) is 11.8 Å². The van der Waals surface area contributed by atoms with E-state index in [1.807, 2.05) is 35.1 Å². The van der Waals surface area contributed by atoms with Crippen LogP contribution in [0.15, 0.2) is 30.5 Å². The minimum Gasteiger partial charge on any atom is -0.311 e. The summed E-state index contributed by atoms with van der Waals surface area (Å²) in [6, 6.07) is 10.0. The van der Waals surface area contributed by atoms with Gasteiger partial charge in [0.25, 0.3) is 0 Å². The molecule has 0 bridgehead atoms. The molecule has 0 spiro atoms. The third-order valence-electron chi connectivity index (χ3n) is 4.96. The molecule has 1 fully saturated rings. The average Bonchev–Trinajstić information content (AvgIpc) is 3.23. The lowest BCUT2D eigenvalue weighted by Crippen LogP contribution is -2.25. The second kappa shape index (κ2) is 5.54. The Morgan fingerprint density at radius 3 is 2.65 bits per heavy atom. The normalized spacial score (nSPS) is 20.8. The molecule has 0 saturated heterocycles. The van der Waals surface area contributed by atoms with Gasteiger partial charge in [-0.2, -0.15) is 10.4 Å². The van der Waals surface area contributed by atoms with Crippen molar-refractivity contribution in [1.29, 1.82) is 5.26 Å². The average molecular weight is 306 g/mol. The van der Waals surface area contributed by atoms with Gasteiger partial charge in [-0.3, -0.25) is 4.79 Å².